The Balaban J connectivity index is 1.47. The third-order valence-electron chi connectivity index (χ3n) is 5.33. The van der Waals surface area contributed by atoms with Crippen LogP contribution in [-0.2, 0) is 9.53 Å². The fourth-order valence-electron chi connectivity index (χ4n) is 3.89. The highest BCUT2D eigenvalue weighted by Gasteiger charge is 2.37. The van der Waals surface area contributed by atoms with E-state index in [0.29, 0.717) is 6.04 Å². The first-order valence-electron chi connectivity index (χ1n) is 9.42. The number of morpholine rings is 1. The highest BCUT2D eigenvalue weighted by atomic mass is 32.2. The number of thioether (sulfide) groups is 1. The van der Waals surface area contributed by atoms with E-state index in [1.54, 1.807) is 0 Å². The number of anilines is 1. The maximum Gasteiger partial charge on any atom is 0.266 e. The van der Waals surface area contributed by atoms with E-state index in [1.807, 2.05) is 11.0 Å². The normalized spacial score (nSPS) is 23.9. The van der Waals surface area contributed by atoms with Gasteiger partial charge in [-0.15, -0.1) is 0 Å². The van der Waals surface area contributed by atoms with Crippen LogP contribution in [0, 0.1) is 0 Å². The minimum Gasteiger partial charge on any atom is -0.378 e. The molecule has 0 bridgehead atoms. The number of carbonyl (C=O) groups excluding carboxylic acids is 1. The summed E-state index contributed by atoms with van der Waals surface area (Å²) < 4.78 is 6.13. The van der Waals surface area contributed by atoms with Crippen LogP contribution in [0.25, 0.3) is 6.08 Å². The monoisotopic (exact) mass is 388 g/mol. The SMILES string of the molecule is O=C1/C(=C/c2ccc(N3CCOCC3)cc2)SC(=S)N1C1CCCCC1. The van der Waals surface area contributed by atoms with E-state index in [4.69, 9.17) is 17.0 Å². The number of amides is 1. The molecule has 4 rings (SSSR count). The summed E-state index contributed by atoms with van der Waals surface area (Å²) in [4.78, 5) is 17.8. The van der Waals surface area contributed by atoms with Crippen molar-refractivity contribution in [1.82, 2.24) is 4.90 Å². The molecule has 4 nitrogen and oxygen atoms in total. The van der Waals surface area contributed by atoms with Gasteiger partial charge in [0.25, 0.3) is 5.91 Å². The molecule has 1 aliphatic carbocycles. The van der Waals surface area contributed by atoms with E-state index in [-0.39, 0.29) is 5.91 Å². The highest BCUT2D eigenvalue weighted by molar-refractivity contribution is 8.26. The Morgan fingerprint density at radius 3 is 2.46 bits per heavy atom. The van der Waals surface area contributed by atoms with Gasteiger partial charge in [-0.2, -0.15) is 0 Å². The molecule has 138 valence electrons. The molecular formula is C20H24N2O2S2. The van der Waals surface area contributed by atoms with Gasteiger partial charge >= 0.3 is 0 Å². The zero-order valence-electron chi connectivity index (χ0n) is 14.9. The topological polar surface area (TPSA) is 32.8 Å². The fraction of sp³-hybridized carbons (Fsp3) is 0.500. The number of carbonyl (C=O) groups is 1. The maximum absolute atomic E-state index is 12.9. The second kappa shape index (κ2) is 8.11. The summed E-state index contributed by atoms with van der Waals surface area (Å²) in [7, 11) is 0. The molecule has 26 heavy (non-hydrogen) atoms. The van der Waals surface area contributed by atoms with Crippen molar-refractivity contribution in [3.8, 4) is 0 Å². The van der Waals surface area contributed by atoms with Gasteiger partial charge in [-0.25, -0.2) is 0 Å². The Bertz CT molecular complexity index is 705. The lowest BCUT2D eigenvalue weighted by Crippen LogP contribution is -2.39. The number of ether oxygens (including phenoxy) is 1. The molecule has 0 unspecified atom stereocenters. The molecule has 6 heteroatoms. The van der Waals surface area contributed by atoms with Gasteiger partial charge in [0, 0.05) is 24.8 Å². The Kier molecular flexibility index (Phi) is 5.62. The van der Waals surface area contributed by atoms with E-state index in [0.717, 1.165) is 53.9 Å². The largest absolute Gasteiger partial charge is 0.378 e. The Hall–Kier alpha value is -1.37. The predicted molar refractivity (Wildman–Crippen MR) is 111 cm³/mol. The summed E-state index contributed by atoms with van der Waals surface area (Å²) >= 11 is 6.95. The summed E-state index contributed by atoms with van der Waals surface area (Å²) in [6.07, 6.45) is 7.80. The van der Waals surface area contributed by atoms with E-state index >= 15 is 0 Å². The molecule has 0 aromatic heterocycles. The molecule has 0 N–H and O–H groups in total. The van der Waals surface area contributed by atoms with Crippen molar-refractivity contribution in [2.24, 2.45) is 0 Å². The van der Waals surface area contributed by atoms with Gasteiger partial charge in [0.15, 0.2) is 0 Å². The molecular weight excluding hydrogens is 364 g/mol. The van der Waals surface area contributed by atoms with Gasteiger partial charge in [0.2, 0.25) is 0 Å². The molecule has 0 spiro atoms. The van der Waals surface area contributed by atoms with Crippen LogP contribution in [0.1, 0.15) is 37.7 Å². The molecule has 0 atom stereocenters. The van der Waals surface area contributed by atoms with E-state index in [2.05, 4.69) is 29.2 Å². The van der Waals surface area contributed by atoms with Crippen molar-refractivity contribution >= 4 is 46.0 Å². The van der Waals surface area contributed by atoms with E-state index < -0.39 is 0 Å². The number of benzene rings is 1. The number of hydrogen-bond acceptors (Lipinski definition) is 5. The number of nitrogens with zero attached hydrogens (tertiary/aromatic N) is 2. The highest BCUT2D eigenvalue weighted by Crippen LogP contribution is 2.37. The molecule has 1 aromatic rings. The van der Waals surface area contributed by atoms with Crippen LogP contribution in [-0.4, -0.2) is 47.5 Å². The van der Waals surface area contributed by atoms with Gasteiger partial charge in [0.05, 0.1) is 18.1 Å². The summed E-state index contributed by atoms with van der Waals surface area (Å²) in [5.74, 6) is 0.0872. The minimum absolute atomic E-state index is 0.0872. The summed E-state index contributed by atoms with van der Waals surface area (Å²) in [5, 5.41) is 0. The second-order valence-corrected chi connectivity index (χ2v) is 8.71. The molecule has 1 aromatic carbocycles. The van der Waals surface area contributed by atoms with Crippen molar-refractivity contribution in [2.75, 3.05) is 31.2 Å². The van der Waals surface area contributed by atoms with Crippen LogP contribution in [0.15, 0.2) is 29.2 Å². The molecule has 1 amide bonds. The van der Waals surface area contributed by atoms with Crippen LogP contribution in [0.3, 0.4) is 0 Å². The van der Waals surface area contributed by atoms with Crippen molar-refractivity contribution < 1.29 is 9.53 Å². The fourth-order valence-corrected chi connectivity index (χ4v) is 5.29. The number of hydrogen-bond donors (Lipinski definition) is 0. The first kappa shape index (κ1) is 18.0. The van der Waals surface area contributed by atoms with E-state index in [1.165, 1.54) is 36.7 Å². The third kappa shape index (κ3) is 3.82. The first-order chi connectivity index (χ1) is 12.7. The van der Waals surface area contributed by atoms with Gasteiger partial charge < -0.3 is 9.64 Å². The van der Waals surface area contributed by atoms with Gasteiger partial charge in [-0.3, -0.25) is 9.69 Å². The minimum atomic E-state index is 0.0872. The third-order valence-corrected chi connectivity index (χ3v) is 6.66. The van der Waals surface area contributed by atoms with Crippen molar-refractivity contribution in [2.45, 2.75) is 38.1 Å². The van der Waals surface area contributed by atoms with Crippen LogP contribution < -0.4 is 4.90 Å². The first-order valence-corrected chi connectivity index (χ1v) is 10.6. The van der Waals surface area contributed by atoms with Gasteiger partial charge in [0.1, 0.15) is 4.32 Å². The summed E-state index contributed by atoms with van der Waals surface area (Å²) in [5.41, 5.74) is 2.26. The van der Waals surface area contributed by atoms with Crippen molar-refractivity contribution in [3.63, 3.8) is 0 Å². The lowest BCUT2D eigenvalue weighted by molar-refractivity contribution is -0.124. The molecule has 2 heterocycles. The zero-order valence-corrected chi connectivity index (χ0v) is 16.5. The van der Waals surface area contributed by atoms with Crippen LogP contribution >= 0.6 is 24.0 Å². The molecule has 0 radical (unpaired) electrons. The predicted octanol–water partition coefficient (Wildman–Crippen LogP) is 4.06. The number of rotatable bonds is 3. The second-order valence-electron chi connectivity index (χ2n) is 7.03. The van der Waals surface area contributed by atoms with Crippen molar-refractivity contribution in [3.05, 3.63) is 34.7 Å². The molecule has 3 aliphatic rings. The maximum atomic E-state index is 12.9. The lowest BCUT2D eigenvalue weighted by Gasteiger charge is -2.29. The smallest absolute Gasteiger partial charge is 0.266 e. The van der Waals surface area contributed by atoms with E-state index in [9.17, 15) is 4.79 Å². The average molecular weight is 389 g/mol. The lowest BCUT2D eigenvalue weighted by atomic mass is 9.94. The quantitative estimate of drug-likeness (QED) is 0.576. The van der Waals surface area contributed by atoms with Crippen LogP contribution in [0.2, 0.25) is 0 Å². The number of thiocarbonyl (C=S) groups is 1. The Labute approximate surface area is 164 Å². The summed E-state index contributed by atoms with van der Waals surface area (Å²) in [6, 6.07) is 8.71. The standard InChI is InChI=1S/C20H24N2O2S2/c23-19-18(26-20(25)22(19)17-4-2-1-3-5-17)14-15-6-8-16(9-7-15)21-10-12-24-13-11-21/h6-9,14,17H,1-5,10-13H2/b18-14-. The summed E-state index contributed by atoms with van der Waals surface area (Å²) in [6.45, 7) is 3.43. The van der Waals surface area contributed by atoms with Gasteiger partial charge in [-0.1, -0.05) is 55.4 Å². The zero-order chi connectivity index (χ0) is 17.9. The molecule has 3 fully saturated rings. The Morgan fingerprint density at radius 1 is 1.08 bits per heavy atom. The molecule has 1 saturated carbocycles. The molecule has 2 aliphatic heterocycles. The van der Waals surface area contributed by atoms with Crippen LogP contribution in [0.5, 0.6) is 0 Å². The molecule has 2 saturated heterocycles. The Morgan fingerprint density at radius 2 is 1.77 bits per heavy atom. The van der Waals surface area contributed by atoms with Crippen molar-refractivity contribution in [1.29, 1.82) is 0 Å². The average Bonchev–Trinajstić information content (AvgIpc) is 2.97. The van der Waals surface area contributed by atoms with Crippen LogP contribution in [0.4, 0.5) is 5.69 Å². The van der Waals surface area contributed by atoms with Gasteiger partial charge in [-0.05, 0) is 36.6 Å².